The molecule has 23 heteroatoms. The second-order valence-corrected chi connectivity index (χ2v) is 32.6. The van der Waals surface area contributed by atoms with Crippen LogP contribution in [-0.4, -0.2) is 135 Å². The molecule has 3 aliphatic rings. The van der Waals surface area contributed by atoms with Crippen molar-refractivity contribution in [1.29, 1.82) is 0 Å². The summed E-state index contributed by atoms with van der Waals surface area (Å²) in [5.41, 5.74) is 14.8. The van der Waals surface area contributed by atoms with Gasteiger partial charge in [-0.25, -0.2) is 14.4 Å². The predicted octanol–water partition coefficient (Wildman–Crippen LogP) is 16.4. The number of carbonyl (C=O) groups excluding carboxylic acids is 8. The Kier molecular flexibility index (Phi) is 31.9. The maximum Gasteiger partial charge on any atom is 0.407 e. The number of unbranched alkanes of at least 4 members (excludes halogenated alkanes) is 2. The Morgan fingerprint density at radius 2 is 0.679 bits per heavy atom. The number of carbonyl (C=O) groups is 9. The number of nitrogens with one attached hydrogen (secondary N) is 7. The predicted molar refractivity (Wildman–Crippen MR) is 500 cm³/mol. The molecular weight excluding hydrogens is 1650 g/mol. The summed E-state index contributed by atoms with van der Waals surface area (Å²) in [7, 11) is 3.28. The van der Waals surface area contributed by atoms with E-state index in [0.29, 0.717) is 43.8 Å². The lowest BCUT2D eigenvalue weighted by Crippen LogP contribution is -2.54. The molecule has 12 aromatic carbocycles. The van der Waals surface area contributed by atoms with Crippen LogP contribution in [0.3, 0.4) is 0 Å². The molecule has 15 rings (SSSR count). The Balaban J connectivity index is 0.000000211. The number of aliphatic carboxylic acids is 1. The van der Waals surface area contributed by atoms with Crippen molar-refractivity contribution >= 4 is 53.7 Å². The summed E-state index contributed by atoms with van der Waals surface area (Å²) in [6, 6.07) is 103. The van der Waals surface area contributed by atoms with E-state index < -0.39 is 88.9 Å². The van der Waals surface area contributed by atoms with E-state index in [9.17, 15) is 48.3 Å². The van der Waals surface area contributed by atoms with Crippen molar-refractivity contribution in [2.75, 3.05) is 47.1 Å². The van der Waals surface area contributed by atoms with E-state index >= 15 is 0 Å². The number of carboxylic acid groups (broad SMARTS) is 1. The topological polar surface area (TPSA) is 307 Å². The first kappa shape index (κ1) is 92.4. The third-order valence-electron chi connectivity index (χ3n) is 24.3. The average Bonchev–Trinajstić information content (AvgIpc) is 1.75. The van der Waals surface area contributed by atoms with Gasteiger partial charge in [0.15, 0.2) is 0 Å². The fourth-order valence-corrected chi connectivity index (χ4v) is 17.7. The van der Waals surface area contributed by atoms with Crippen molar-refractivity contribution in [1.82, 2.24) is 42.3 Å². The van der Waals surface area contributed by atoms with Crippen LogP contribution in [0.4, 0.5) is 9.59 Å². The number of fused-ring (bicyclic) bond motifs is 6. The quantitative estimate of drug-likeness (QED) is 0.0100. The molecule has 1 saturated heterocycles. The highest BCUT2D eigenvalue weighted by Gasteiger charge is 2.41. The maximum atomic E-state index is 14.3. The number of rotatable bonds is 41. The zero-order valence-electron chi connectivity index (χ0n) is 73.3. The molecule has 131 heavy (non-hydrogen) atoms. The number of imide groups is 1. The number of hydroxylamine groups is 2. The van der Waals surface area contributed by atoms with Gasteiger partial charge in [0.1, 0.15) is 48.9 Å². The Morgan fingerprint density at radius 3 is 1.03 bits per heavy atom. The number of amides is 7. The van der Waals surface area contributed by atoms with Gasteiger partial charge in [-0.2, -0.15) is 0 Å². The number of alkyl carbamates (subject to hydrolysis) is 2. The molecule has 2 unspecified atom stereocenters. The first-order chi connectivity index (χ1) is 64.0. The van der Waals surface area contributed by atoms with Gasteiger partial charge >= 0.3 is 24.1 Å². The lowest BCUT2D eigenvalue weighted by atomic mass is 9.77. The standard InChI is InChI=1S/C54H52N4O8.C54H56N4O7/c1-64-41-30-28-40(29-31-41)54(38-19-7-3-8-20-38,39-21-9-4-10-22-39)55-34-16-15-27-47(52(62)66-58-49(59)32-33-50(58)60)56-51(61)48(35-37-17-5-2-6-18-37)57-53(63)65-36-46-44-25-13-11-23-42(44)43-24-12-14-26-45(43)46;1-64-42-32-30-41(31-33-42)54(39-20-7-3-8-21-39,40-22-9-4-10-23-40)56-35-16-15-28-48(51(61)55-34-17-29-50(59)60)57-52(62)49(36-38-18-5-2-6-19-38)58-53(63)65-37-47-45-26-13-11-24-43(45)44-25-12-14-27-46(44)47/h2-14,17-26,28-31,46-48,55H,15-16,27,32-36H2,1H3,(H,56,61)(H,57,63);2-14,18-27,30-33,47-49,56H,15-17,28-29,34-37H2,1H3,(H,55,61)(H,57,62)(H,58,63)(H,59,60)/t47?,48-;48?,49-/m00/s1. The van der Waals surface area contributed by atoms with E-state index in [1.807, 2.05) is 255 Å². The Bertz CT molecular complexity index is 5670. The van der Waals surface area contributed by atoms with Crippen LogP contribution in [0.2, 0.25) is 0 Å². The molecule has 4 atom stereocenters. The van der Waals surface area contributed by atoms with Crippen molar-refractivity contribution < 1.29 is 72.0 Å². The van der Waals surface area contributed by atoms with Crippen LogP contribution < -0.4 is 46.7 Å². The van der Waals surface area contributed by atoms with E-state index in [1.165, 1.54) is 0 Å². The number of hydrogen-bond donors (Lipinski definition) is 8. The number of nitrogens with zero attached hydrogens (tertiary/aromatic N) is 1. The average molecular weight is 1760 g/mol. The minimum absolute atomic E-state index is 0.0364. The SMILES string of the molecule is COc1ccc(C(NCCCCC(NC(=O)[C@H](Cc2ccccc2)NC(=O)OCC2c3ccccc3-c3ccccc32)C(=O)NCCCC(=O)O)(c2ccccc2)c2ccccc2)cc1.COc1ccc(C(NCCCCC(NC(=O)[C@H](Cc2ccccc2)NC(=O)OCC2c3ccccc3-c3ccccc32)C(=O)ON2C(=O)CCC2=O)(c2ccccc2)c2ccccc2)cc1. The third-order valence-corrected chi connectivity index (χ3v) is 24.3. The third kappa shape index (κ3) is 23.0. The molecule has 1 aliphatic heterocycles. The van der Waals surface area contributed by atoms with E-state index in [-0.39, 0.29) is 83.0 Å². The van der Waals surface area contributed by atoms with E-state index in [1.54, 1.807) is 14.2 Å². The Hall–Kier alpha value is -14.8. The number of methoxy groups -OCH3 is 2. The minimum atomic E-state index is -1.28. The first-order valence-corrected chi connectivity index (χ1v) is 44.5. The van der Waals surface area contributed by atoms with Crippen LogP contribution in [0.1, 0.15) is 143 Å². The summed E-state index contributed by atoms with van der Waals surface area (Å²) in [4.78, 5) is 125. The van der Waals surface area contributed by atoms with Crippen molar-refractivity contribution in [2.45, 2.75) is 124 Å². The van der Waals surface area contributed by atoms with Gasteiger partial charge in [0, 0.05) is 50.5 Å². The molecule has 1 fully saturated rings. The number of carboxylic acids is 1. The Morgan fingerprint density at radius 1 is 0.359 bits per heavy atom. The summed E-state index contributed by atoms with van der Waals surface area (Å²) >= 11 is 0. The molecule has 1 heterocycles. The maximum absolute atomic E-state index is 14.3. The van der Waals surface area contributed by atoms with Crippen molar-refractivity contribution in [3.8, 4) is 33.8 Å². The second kappa shape index (κ2) is 45.3. The normalized spacial score (nSPS) is 13.5. The molecule has 8 N–H and O–H groups in total. The molecule has 0 saturated carbocycles. The van der Waals surface area contributed by atoms with E-state index in [4.69, 9.17) is 23.8 Å². The monoisotopic (exact) mass is 1760 g/mol. The smallest absolute Gasteiger partial charge is 0.407 e. The number of ether oxygens (including phenoxy) is 4. The molecule has 7 amide bonds. The van der Waals surface area contributed by atoms with E-state index in [2.05, 4.69) is 110 Å². The first-order valence-electron chi connectivity index (χ1n) is 44.5. The molecule has 0 spiro atoms. The van der Waals surface area contributed by atoms with Gasteiger partial charge < -0.3 is 55.5 Å². The Labute approximate surface area is 763 Å². The van der Waals surface area contributed by atoms with Crippen molar-refractivity contribution in [3.63, 3.8) is 0 Å². The number of benzene rings is 12. The van der Waals surface area contributed by atoms with Crippen LogP contribution in [0.25, 0.3) is 22.3 Å². The molecule has 0 bridgehead atoms. The van der Waals surface area contributed by atoms with E-state index in [0.717, 1.165) is 101 Å². The molecule has 670 valence electrons. The van der Waals surface area contributed by atoms with Crippen LogP contribution >= 0.6 is 0 Å². The van der Waals surface area contributed by atoms with Gasteiger partial charge in [0.05, 0.1) is 25.3 Å². The highest BCUT2D eigenvalue weighted by atomic mass is 16.7. The summed E-state index contributed by atoms with van der Waals surface area (Å²) in [6.45, 7) is 1.27. The van der Waals surface area contributed by atoms with Gasteiger partial charge in [-0.05, 0) is 171 Å². The zero-order chi connectivity index (χ0) is 91.3. The summed E-state index contributed by atoms with van der Waals surface area (Å²) in [5.74, 6) is -3.75. The lowest BCUT2D eigenvalue weighted by molar-refractivity contribution is -0.199. The van der Waals surface area contributed by atoms with Crippen molar-refractivity contribution in [3.05, 3.63) is 394 Å². The molecule has 12 aromatic rings. The van der Waals surface area contributed by atoms with Crippen LogP contribution in [0.5, 0.6) is 11.5 Å². The van der Waals surface area contributed by atoms with Crippen molar-refractivity contribution in [2.24, 2.45) is 0 Å². The van der Waals surface area contributed by atoms with Gasteiger partial charge in [-0.3, -0.25) is 39.4 Å². The lowest BCUT2D eigenvalue weighted by Gasteiger charge is -2.37. The largest absolute Gasteiger partial charge is 0.497 e. The van der Waals surface area contributed by atoms with Gasteiger partial charge in [0.2, 0.25) is 17.7 Å². The fourth-order valence-electron chi connectivity index (χ4n) is 17.7. The molecule has 0 radical (unpaired) electrons. The fraction of sp³-hybridized carbons (Fsp3) is 0.250. The second-order valence-electron chi connectivity index (χ2n) is 32.6. The molecular formula is C108H108N8O15. The van der Waals surface area contributed by atoms with Gasteiger partial charge in [0.25, 0.3) is 11.8 Å². The molecule has 2 aliphatic carbocycles. The summed E-state index contributed by atoms with van der Waals surface area (Å²) in [6.07, 6.45) is 1.17. The van der Waals surface area contributed by atoms with Gasteiger partial charge in [-0.1, -0.05) is 303 Å². The van der Waals surface area contributed by atoms with Crippen LogP contribution in [0, 0.1) is 0 Å². The summed E-state index contributed by atoms with van der Waals surface area (Å²) < 4.78 is 22.7. The summed E-state index contributed by atoms with van der Waals surface area (Å²) in [5, 5.41) is 31.5. The molecule has 0 aromatic heterocycles. The zero-order valence-corrected chi connectivity index (χ0v) is 73.3. The van der Waals surface area contributed by atoms with Gasteiger partial charge in [-0.15, -0.1) is 5.06 Å². The van der Waals surface area contributed by atoms with Crippen LogP contribution in [0.15, 0.2) is 328 Å². The number of hydrogen-bond acceptors (Lipinski definition) is 16. The highest BCUT2D eigenvalue weighted by Crippen LogP contribution is 2.47. The highest BCUT2D eigenvalue weighted by molar-refractivity contribution is 6.02. The van der Waals surface area contributed by atoms with Crippen LogP contribution in [-0.2, 0) is 71.8 Å². The molecule has 23 nitrogen and oxygen atoms in total. The minimum Gasteiger partial charge on any atom is -0.497 e.